The van der Waals surface area contributed by atoms with Crippen LogP contribution in [-0.2, 0) is 4.79 Å². The average Bonchev–Trinajstić information content (AvgIpc) is 2.52. The Morgan fingerprint density at radius 1 is 1.41 bits per heavy atom. The molecule has 22 heavy (non-hydrogen) atoms. The van der Waals surface area contributed by atoms with Gasteiger partial charge in [-0.25, -0.2) is 0 Å². The van der Waals surface area contributed by atoms with Gasteiger partial charge < -0.3 is 15.2 Å². The lowest BCUT2D eigenvalue weighted by Gasteiger charge is -2.10. The molecule has 5 heteroatoms. The summed E-state index contributed by atoms with van der Waals surface area (Å²) < 4.78 is 5.33. The molecule has 0 aliphatic heterocycles. The number of aliphatic hydroxyl groups excluding tert-OH is 1. The standard InChI is InChI=1S/C17H22N2O3/c1-3-5-15(20)12-19-17(21)14(11-18)10-13-6-8-16(9-7-13)22-4-2/h6-10,15,20H,3-5,12H2,1-2H3,(H,19,21)/b14-10+. The lowest BCUT2D eigenvalue weighted by molar-refractivity contribution is -0.117. The molecule has 5 nitrogen and oxygen atoms in total. The summed E-state index contributed by atoms with van der Waals surface area (Å²) in [6.45, 7) is 4.59. The van der Waals surface area contributed by atoms with Crippen LogP contribution < -0.4 is 10.1 Å². The van der Waals surface area contributed by atoms with Crippen LogP contribution in [0, 0.1) is 11.3 Å². The predicted molar refractivity (Wildman–Crippen MR) is 85.1 cm³/mol. The van der Waals surface area contributed by atoms with E-state index in [2.05, 4.69) is 5.32 Å². The number of rotatable bonds is 8. The minimum absolute atomic E-state index is 0.00728. The maximum atomic E-state index is 11.9. The third-order valence-electron chi connectivity index (χ3n) is 2.99. The van der Waals surface area contributed by atoms with Gasteiger partial charge in [0, 0.05) is 6.54 Å². The Kier molecular flexibility index (Phi) is 7.73. The molecule has 0 saturated carbocycles. The molecule has 1 unspecified atom stereocenters. The second kappa shape index (κ2) is 9.59. The van der Waals surface area contributed by atoms with Crippen molar-refractivity contribution in [3.63, 3.8) is 0 Å². The topological polar surface area (TPSA) is 82.4 Å². The fraction of sp³-hybridized carbons (Fsp3) is 0.412. The van der Waals surface area contributed by atoms with Crippen molar-refractivity contribution in [1.29, 1.82) is 5.26 Å². The van der Waals surface area contributed by atoms with Crippen LogP contribution >= 0.6 is 0 Å². The fourth-order valence-corrected chi connectivity index (χ4v) is 1.88. The summed E-state index contributed by atoms with van der Waals surface area (Å²) in [6, 6.07) is 9.01. The monoisotopic (exact) mass is 302 g/mol. The number of hydrogen-bond acceptors (Lipinski definition) is 4. The van der Waals surface area contributed by atoms with Crippen molar-refractivity contribution in [1.82, 2.24) is 5.32 Å². The molecule has 1 rings (SSSR count). The van der Waals surface area contributed by atoms with Crippen LogP contribution in [0.2, 0.25) is 0 Å². The molecule has 1 aromatic rings. The zero-order valence-electron chi connectivity index (χ0n) is 13.0. The van der Waals surface area contributed by atoms with Crippen LogP contribution in [-0.4, -0.2) is 30.3 Å². The van der Waals surface area contributed by atoms with E-state index in [1.807, 2.05) is 19.9 Å². The molecule has 0 aliphatic rings. The Bertz CT molecular complexity index is 544. The Morgan fingerprint density at radius 2 is 2.09 bits per heavy atom. The van der Waals surface area contributed by atoms with Crippen LogP contribution in [0.5, 0.6) is 5.75 Å². The maximum Gasteiger partial charge on any atom is 0.262 e. The summed E-state index contributed by atoms with van der Waals surface area (Å²) in [5, 5.41) is 21.3. The van der Waals surface area contributed by atoms with E-state index in [1.165, 1.54) is 6.08 Å². The zero-order valence-corrected chi connectivity index (χ0v) is 13.0. The van der Waals surface area contributed by atoms with Gasteiger partial charge in [0.25, 0.3) is 5.91 Å². The highest BCUT2D eigenvalue weighted by molar-refractivity contribution is 6.01. The number of amides is 1. The van der Waals surface area contributed by atoms with Crippen LogP contribution in [0.1, 0.15) is 32.3 Å². The molecule has 1 atom stereocenters. The number of carbonyl (C=O) groups is 1. The molecule has 0 aromatic heterocycles. The second-order valence-electron chi connectivity index (χ2n) is 4.82. The first kappa shape index (κ1) is 17.7. The van der Waals surface area contributed by atoms with E-state index in [1.54, 1.807) is 24.3 Å². The van der Waals surface area contributed by atoms with Crippen molar-refractivity contribution in [2.45, 2.75) is 32.8 Å². The highest BCUT2D eigenvalue weighted by Gasteiger charge is 2.11. The van der Waals surface area contributed by atoms with E-state index in [0.29, 0.717) is 13.0 Å². The van der Waals surface area contributed by atoms with Gasteiger partial charge in [0.1, 0.15) is 17.4 Å². The van der Waals surface area contributed by atoms with E-state index >= 15 is 0 Å². The Morgan fingerprint density at radius 3 is 2.64 bits per heavy atom. The normalized spacial score (nSPS) is 12.4. The van der Waals surface area contributed by atoms with Gasteiger partial charge in [0.05, 0.1) is 12.7 Å². The molecule has 2 N–H and O–H groups in total. The second-order valence-corrected chi connectivity index (χ2v) is 4.82. The van der Waals surface area contributed by atoms with Gasteiger partial charge in [0.15, 0.2) is 0 Å². The highest BCUT2D eigenvalue weighted by Crippen LogP contribution is 2.14. The average molecular weight is 302 g/mol. The molecule has 1 aromatic carbocycles. The van der Waals surface area contributed by atoms with Crippen molar-refractivity contribution in [3.8, 4) is 11.8 Å². The molecular formula is C17H22N2O3. The summed E-state index contributed by atoms with van der Waals surface area (Å²) in [5.41, 5.74) is 0.747. The number of hydrogen-bond donors (Lipinski definition) is 2. The van der Waals surface area contributed by atoms with Gasteiger partial charge in [-0.15, -0.1) is 0 Å². The fourth-order valence-electron chi connectivity index (χ4n) is 1.88. The Labute approximate surface area is 131 Å². The molecular weight excluding hydrogens is 280 g/mol. The van der Waals surface area contributed by atoms with Crippen molar-refractivity contribution in [3.05, 3.63) is 35.4 Å². The van der Waals surface area contributed by atoms with E-state index in [9.17, 15) is 9.90 Å². The molecule has 0 fully saturated rings. The molecule has 0 saturated heterocycles. The van der Waals surface area contributed by atoms with Gasteiger partial charge in [-0.1, -0.05) is 25.5 Å². The lowest BCUT2D eigenvalue weighted by atomic mass is 10.1. The summed E-state index contributed by atoms with van der Waals surface area (Å²) >= 11 is 0. The zero-order chi connectivity index (χ0) is 16.4. The van der Waals surface area contributed by atoms with Gasteiger partial charge in [-0.2, -0.15) is 5.26 Å². The Balaban J connectivity index is 2.69. The highest BCUT2D eigenvalue weighted by atomic mass is 16.5. The van der Waals surface area contributed by atoms with Crippen molar-refractivity contribution in [2.75, 3.05) is 13.2 Å². The Hall–Kier alpha value is -2.32. The van der Waals surface area contributed by atoms with Gasteiger partial charge in [0.2, 0.25) is 0 Å². The first-order valence-corrected chi connectivity index (χ1v) is 7.41. The third-order valence-corrected chi connectivity index (χ3v) is 2.99. The van der Waals surface area contributed by atoms with Crippen molar-refractivity contribution < 1.29 is 14.6 Å². The van der Waals surface area contributed by atoms with E-state index in [4.69, 9.17) is 10.00 Å². The number of nitrogens with zero attached hydrogens (tertiary/aromatic N) is 1. The van der Waals surface area contributed by atoms with Crippen molar-refractivity contribution in [2.24, 2.45) is 0 Å². The quantitative estimate of drug-likeness (QED) is 0.570. The SMILES string of the molecule is CCCC(O)CNC(=O)/C(C#N)=C/c1ccc(OCC)cc1. The van der Waals surface area contributed by atoms with Gasteiger partial charge in [-0.05, 0) is 37.1 Å². The van der Waals surface area contributed by atoms with Gasteiger partial charge in [-0.3, -0.25) is 4.79 Å². The molecule has 0 heterocycles. The summed E-state index contributed by atoms with van der Waals surface area (Å²) in [7, 11) is 0. The molecule has 0 bridgehead atoms. The molecule has 0 radical (unpaired) electrons. The number of benzene rings is 1. The summed E-state index contributed by atoms with van der Waals surface area (Å²) in [4.78, 5) is 11.9. The minimum Gasteiger partial charge on any atom is -0.494 e. The number of aliphatic hydroxyl groups is 1. The lowest BCUT2D eigenvalue weighted by Crippen LogP contribution is -2.32. The molecule has 1 amide bonds. The largest absolute Gasteiger partial charge is 0.494 e. The van der Waals surface area contributed by atoms with E-state index in [0.717, 1.165) is 17.7 Å². The van der Waals surface area contributed by atoms with Gasteiger partial charge >= 0.3 is 0 Å². The predicted octanol–water partition coefficient (Wildman–Crippen LogP) is 2.27. The van der Waals surface area contributed by atoms with Crippen LogP contribution in [0.15, 0.2) is 29.8 Å². The first-order chi connectivity index (χ1) is 10.6. The minimum atomic E-state index is -0.584. The van der Waals surface area contributed by atoms with Crippen LogP contribution in [0.4, 0.5) is 0 Å². The smallest absolute Gasteiger partial charge is 0.262 e. The number of ether oxygens (including phenoxy) is 1. The van der Waals surface area contributed by atoms with Crippen LogP contribution in [0.25, 0.3) is 6.08 Å². The third kappa shape index (κ3) is 5.98. The maximum absolute atomic E-state index is 11.9. The molecule has 118 valence electrons. The molecule has 0 spiro atoms. The number of carbonyl (C=O) groups excluding carboxylic acids is 1. The van der Waals surface area contributed by atoms with Crippen molar-refractivity contribution >= 4 is 12.0 Å². The number of nitriles is 1. The first-order valence-electron chi connectivity index (χ1n) is 7.41. The molecule has 0 aliphatic carbocycles. The van der Waals surface area contributed by atoms with E-state index < -0.39 is 12.0 Å². The summed E-state index contributed by atoms with van der Waals surface area (Å²) in [5.74, 6) is 0.261. The number of nitrogens with one attached hydrogen (secondary N) is 1. The summed E-state index contributed by atoms with van der Waals surface area (Å²) in [6.07, 6.45) is 2.38. The van der Waals surface area contributed by atoms with E-state index in [-0.39, 0.29) is 12.1 Å². The van der Waals surface area contributed by atoms with Crippen LogP contribution in [0.3, 0.4) is 0 Å².